The van der Waals surface area contributed by atoms with E-state index in [2.05, 4.69) is 10.3 Å². The highest BCUT2D eigenvalue weighted by atomic mass is 16.2. The normalized spacial score (nSPS) is 21.4. The van der Waals surface area contributed by atoms with Crippen molar-refractivity contribution >= 4 is 11.6 Å². The van der Waals surface area contributed by atoms with Crippen LogP contribution in [0.2, 0.25) is 0 Å². The highest BCUT2D eigenvalue weighted by Crippen LogP contribution is 2.06. The average molecular weight is 188 g/mol. The van der Waals surface area contributed by atoms with Crippen molar-refractivity contribution in [1.29, 1.82) is 0 Å². The van der Waals surface area contributed by atoms with Crippen molar-refractivity contribution in [3.63, 3.8) is 0 Å². The fourth-order valence-electron chi connectivity index (χ4n) is 1.45. The van der Waals surface area contributed by atoms with E-state index >= 15 is 0 Å². The molecule has 1 N–H and O–H groups in total. The van der Waals surface area contributed by atoms with Gasteiger partial charge in [-0.05, 0) is 6.92 Å². The van der Waals surface area contributed by atoms with Crippen molar-refractivity contribution in [1.82, 2.24) is 5.32 Å². The molecule has 72 valence electrons. The van der Waals surface area contributed by atoms with E-state index in [0.717, 1.165) is 5.56 Å². The molecule has 0 aliphatic carbocycles. The molecule has 3 nitrogen and oxygen atoms in total. The first-order chi connectivity index (χ1) is 6.77. The number of rotatable bonds is 1. The minimum absolute atomic E-state index is 0.0747. The van der Waals surface area contributed by atoms with Crippen molar-refractivity contribution in [2.45, 2.75) is 13.0 Å². The van der Waals surface area contributed by atoms with Crippen LogP contribution in [0.25, 0.3) is 0 Å². The highest BCUT2D eigenvalue weighted by Gasteiger charge is 2.19. The molecule has 14 heavy (non-hydrogen) atoms. The van der Waals surface area contributed by atoms with Crippen LogP contribution >= 0.6 is 0 Å². The van der Waals surface area contributed by atoms with E-state index in [1.54, 1.807) is 0 Å². The summed E-state index contributed by atoms with van der Waals surface area (Å²) in [4.78, 5) is 15.8. The van der Waals surface area contributed by atoms with Crippen LogP contribution in [0.4, 0.5) is 0 Å². The molecule has 1 unspecified atom stereocenters. The van der Waals surface area contributed by atoms with Crippen molar-refractivity contribution in [2.24, 2.45) is 4.99 Å². The number of benzene rings is 1. The van der Waals surface area contributed by atoms with Gasteiger partial charge in [-0.25, -0.2) is 0 Å². The SMILES string of the molecule is CC1CNC(=O)C(c2ccccc2)=N1. The number of hydrogen-bond donors (Lipinski definition) is 1. The summed E-state index contributed by atoms with van der Waals surface area (Å²) in [5.41, 5.74) is 1.43. The summed E-state index contributed by atoms with van der Waals surface area (Å²) < 4.78 is 0. The third kappa shape index (κ3) is 1.66. The monoisotopic (exact) mass is 188 g/mol. The maximum Gasteiger partial charge on any atom is 0.270 e. The molecule has 1 aliphatic rings. The van der Waals surface area contributed by atoms with Crippen LogP contribution in [-0.2, 0) is 4.79 Å². The number of hydrogen-bond acceptors (Lipinski definition) is 2. The summed E-state index contributed by atoms with van der Waals surface area (Å²) in [5.74, 6) is -0.0747. The lowest BCUT2D eigenvalue weighted by Gasteiger charge is -2.17. The molecule has 0 fully saturated rings. The van der Waals surface area contributed by atoms with Crippen molar-refractivity contribution in [3.05, 3.63) is 35.9 Å². The molecule has 0 radical (unpaired) electrons. The van der Waals surface area contributed by atoms with Gasteiger partial charge < -0.3 is 5.32 Å². The molecular weight excluding hydrogens is 176 g/mol. The van der Waals surface area contributed by atoms with E-state index in [1.165, 1.54) is 0 Å². The predicted octanol–water partition coefficient (Wildman–Crippen LogP) is 0.994. The van der Waals surface area contributed by atoms with Gasteiger partial charge in [0.1, 0.15) is 5.71 Å². The van der Waals surface area contributed by atoms with E-state index < -0.39 is 0 Å². The Bertz CT molecular complexity index is 370. The van der Waals surface area contributed by atoms with Crippen molar-refractivity contribution in [2.75, 3.05) is 6.54 Å². The van der Waals surface area contributed by atoms with E-state index in [4.69, 9.17) is 0 Å². The van der Waals surface area contributed by atoms with E-state index in [0.29, 0.717) is 12.3 Å². The first-order valence-corrected chi connectivity index (χ1v) is 4.69. The Kier molecular flexibility index (Phi) is 2.31. The molecular formula is C11H12N2O. The van der Waals surface area contributed by atoms with Crippen LogP contribution < -0.4 is 5.32 Å². The Morgan fingerprint density at radius 2 is 2.07 bits per heavy atom. The van der Waals surface area contributed by atoms with Gasteiger partial charge in [-0.3, -0.25) is 9.79 Å². The Balaban J connectivity index is 2.38. The van der Waals surface area contributed by atoms with Crippen LogP contribution in [0.15, 0.2) is 35.3 Å². The fraction of sp³-hybridized carbons (Fsp3) is 0.273. The number of carbonyl (C=O) groups excluding carboxylic acids is 1. The minimum Gasteiger partial charge on any atom is -0.349 e. The molecule has 0 spiro atoms. The second-order valence-electron chi connectivity index (χ2n) is 3.40. The quantitative estimate of drug-likeness (QED) is 0.701. The lowest BCUT2D eigenvalue weighted by Crippen LogP contribution is -2.41. The highest BCUT2D eigenvalue weighted by molar-refractivity contribution is 6.45. The van der Waals surface area contributed by atoms with Gasteiger partial charge in [-0.1, -0.05) is 30.3 Å². The van der Waals surface area contributed by atoms with Gasteiger partial charge >= 0.3 is 0 Å². The summed E-state index contributed by atoms with van der Waals surface area (Å²) in [6.45, 7) is 2.62. The topological polar surface area (TPSA) is 41.5 Å². The molecule has 1 aliphatic heterocycles. The standard InChI is InChI=1S/C11H12N2O/c1-8-7-12-11(14)10(13-8)9-5-3-2-4-6-9/h2-6,8H,7H2,1H3,(H,12,14). The van der Waals surface area contributed by atoms with Gasteiger partial charge in [-0.15, -0.1) is 0 Å². The van der Waals surface area contributed by atoms with Crippen LogP contribution in [0.1, 0.15) is 12.5 Å². The molecule has 3 heteroatoms. The van der Waals surface area contributed by atoms with Crippen LogP contribution in [0, 0.1) is 0 Å². The van der Waals surface area contributed by atoms with Gasteiger partial charge in [0.2, 0.25) is 0 Å². The maximum atomic E-state index is 11.5. The molecule has 2 rings (SSSR count). The molecule has 0 bridgehead atoms. The summed E-state index contributed by atoms with van der Waals surface area (Å²) >= 11 is 0. The van der Waals surface area contributed by atoms with Crippen molar-refractivity contribution < 1.29 is 4.79 Å². The summed E-state index contributed by atoms with van der Waals surface area (Å²) in [6, 6.07) is 9.71. The molecule has 1 amide bonds. The van der Waals surface area contributed by atoms with E-state index in [1.807, 2.05) is 37.3 Å². The van der Waals surface area contributed by atoms with Crippen LogP contribution in [-0.4, -0.2) is 24.2 Å². The molecule has 1 aromatic carbocycles. The Hall–Kier alpha value is -1.64. The zero-order valence-electron chi connectivity index (χ0n) is 8.03. The Labute approximate surface area is 82.9 Å². The molecule has 0 aromatic heterocycles. The maximum absolute atomic E-state index is 11.5. The zero-order chi connectivity index (χ0) is 9.97. The lowest BCUT2D eigenvalue weighted by molar-refractivity contribution is -0.115. The van der Waals surface area contributed by atoms with Gasteiger partial charge in [0, 0.05) is 12.1 Å². The molecule has 1 aromatic rings. The third-order valence-electron chi connectivity index (χ3n) is 2.17. The smallest absolute Gasteiger partial charge is 0.270 e. The van der Waals surface area contributed by atoms with Crippen LogP contribution in [0.5, 0.6) is 0 Å². The Morgan fingerprint density at radius 3 is 2.79 bits per heavy atom. The number of aliphatic imine (C=N–C) groups is 1. The molecule has 0 saturated heterocycles. The van der Waals surface area contributed by atoms with Gasteiger partial charge in [0.05, 0.1) is 6.04 Å². The van der Waals surface area contributed by atoms with Gasteiger partial charge in [-0.2, -0.15) is 0 Å². The predicted molar refractivity (Wildman–Crippen MR) is 55.5 cm³/mol. The number of amides is 1. The van der Waals surface area contributed by atoms with Crippen molar-refractivity contribution in [3.8, 4) is 0 Å². The minimum atomic E-state index is -0.0747. The average Bonchev–Trinajstić information content (AvgIpc) is 2.23. The van der Waals surface area contributed by atoms with Gasteiger partial charge in [0.15, 0.2) is 0 Å². The zero-order valence-corrected chi connectivity index (χ0v) is 8.03. The lowest BCUT2D eigenvalue weighted by atomic mass is 10.1. The third-order valence-corrected chi connectivity index (χ3v) is 2.17. The second-order valence-corrected chi connectivity index (χ2v) is 3.40. The van der Waals surface area contributed by atoms with Crippen LogP contribution in [0.3, 0.4) is 0 Å². The number of nitrogens with one attached hydrogen (secondary N) is 1. The number of nitrogens with zero attached hydrogens (tertiary/aromatic N) is 1. The largest absolute Gasteiger partial charge is 0.349 e. The summed E-state index contributed by atoms with van der Waals surface area (Å²) in [6.07, 6.45) is 0. The fourth-order valence-corrected chi connectivity index (χ4v) is 1.45. The first kappa shape index (κ1) is 8.94. The molecule has 1 atom stereocenters. The second kappa shape index (κ2) is 3.62. The van der Waals surface area contributed by atoms with Gasteiger partial charge in [0.25, 0.3) is 5.91 Å². The Morgan fingerprint density at radius 1 is 1.36 bits per heavy atom. The summed E-state index contributed by atoms with van der Waals surface area (Å²) in [7, 11) is 0. The molecule has 1 heterocycles. The van der Waals surface area contributed by atoms with E-state index in [9.17, 15) is 4.79 Å². The summed E-state index contributed by atoms with van der Waals surface area (Å²) in [5, 5.41) is 2.81. The first-order valence-electron chi connectivity index (χ1n) is 4.69. The van der Waals surface area contributed by atoms with E-state index in [-0.39, 0.29) is 11.9 Å². The number of carbonyl (C=O) groups is 1. The molecule has 0 saturated carbocycles.